The molecule has 0 saturated carbocycles. The Morgan fingerprint density at radius 2 is 1.92 bits per heavy atom. The largest absolute Gasteiger partial charge is 0.504 e. The Bertz CT molecular complexity index is 373. The van der Waals surface area contributed by atoms with E-state index in [-0.39, 0.29) is 11.5 Å². The van der Waals surface area contributed by atoms with Crippen LogP contribution in [-0.4, -0.2) is 13.5 Å². The monoisotopic (exact) mass is 189 g/mol. The number of phenols is 1. The maximum atomic E-state index is 10.4. The minimum atomic E-state index is -4.06. The number of nitrogens with two attached hydrogens (primary N) is 1. The minimum absolute atomic E-state index is 0.181. The summed E-state index contributed by atoms with van der Waals surface area (Å²) < 4.78 is 25.0. The van der Waals surface area contributed by atoms with Crippen molar-refractivity contribution in [3.63, 3.8) is 0 Å². The van der Waals surface area contributed by atoms with Crippen LogP contribution in [0.2, 0.25) is 0 Å². The first kappa shape index (κ1) is 8.82. The van der Waals surface area contributed by atoms with E-state index in [1.165, 1.54) is 24.3 Å². The van der Waals surface area contributed by atoms with Gasteiger partial charge >= 0.3 is 10.3 Å². The summed E-state index contributed by atoms with van der Waals surface area (Å²) in [7, 11) is -4.06. The molecule has 0 spiro atoms. The highest BCUT2D eigenvalue weighted by Crippen LogP contribution is 2.24. The standard InChI is InChI=1S/C6H7NO4S/c7-12(9,10)11-6-4-2-1-3-5(6)8/h1-4,8H,(H2,7,9,10). The lowest BCUT2D eigenvalue weighted by atomic mass is 10.3. The first-order valence-electron chi connectivity index (χ1n) is 2.99. The minimum Gasteiger partial charge on any atom is -0.504 e. The van der Waals surface area contributed by atoms with Gasteiger partial charge in [-0.15, -0.1) is 0 Å². The molecule has 0 amide bonds. The van der Waals surface area contributed by atoms with Gasteiger partial charge in [0.15, 0.2) is 11.5 Å². The molecule has 66 valence electrons. The van der Waals surface area contributed by atoms with Crippen LogP contribution in [0.3, 0.4) is 0 Å². The van der Waals surface area contributed by atoms with Crippen LogP contribution in [0.15, 0.2) is 24.3 Å². The fourth-order valence-corrected chi connectivity index (χ4v) is 1.04. The van der Waals surface area contributed by atoms with Crippen LogP contribution < -0.4 is 9.32 Å². The molecule has 0 bridgehead atoms. The lowest BCUT2D eigenvalue weighted by molar-refractivity contribution is 0.429. The highest BCUT2D eigenvalue weighted by molar-refractivity contribution is 7.84. The molecule has 3 N–H and O–H groups in total. The van der Waals surface area contributed by atoms with Crippen LogP contribution in [0.4, 0.5) is 0 Å². The topological polar surface area (TPSA) is 89.6 Å². The van der Waals surface area contributed by atoms with Gasteiger partial charge in [0.1, 0.15) is 0 Å². The first-order chi connectivity index (χ1) is 5.49. The lowest BCUT2D eigenvalue weighted by Gasteiger charge is -2.02. The van der Waals surface area contributed by atoms with Gasteiger partial charge in [-0.05, 0) is 12.1 Å². The van der Waals surface area contributed by atoms with E-state index in [1.807, 2.05) is 0 Å². The Labute approximate surface area is 69.6 Å². The van der Waals surface area contributed by atoms with Crippen LogP contribution in [0.5, 0.6) is 11.5 Å². The van der Waals surface area contributed by atoms with Crippen molar-refractivity contribution in [2.24, 2.45) is 5.14 Å². The van der Waals surface area contributed by atoms with Crippen LogP contribution in [0.25, 0.3) is 0 Å². The highest BCUT2D eigenvalue weighted by Gasteiger charge is 2.07. The molecule has 1 aromatic rings. The molecule has 0 fully saturated rings. The predicted molar refractivity (Wildman–Crippen MR) is 41.8 cm³/mol. The number of phenolic OH excluding ortho intramolecular Hbond substituents is 1. The summed E-state index contributed by atoms with van der Waals surface area (Å²) >= 11 is 0. The van der Waals surface area contributed by atoms with E-state index in [4.69, 9.17) is 5.11 Å². The van der Waals surface area contributed by atoms with Crippen molar-refractivity contribution in [3.8, 4) is 11.5 Å². The molecule has 0 heterocycles. The Balaban J connectivity index is 2.98. The van der Waals surface area contributed by atoms with Crippen molar-refractivity contribution in [1.82, 2.24) is 0 Å². The van der Waals surface area contributed by atoms with E-state index in [0.29, 0.717) is 0 Å². The lowest BCUT2D eigenvalue weighted by Crippen LogP contribution is -2.18. The Morgan fingerprint density at radius 1 is 1.33 bits per heavy atom. The molecule has 0 saturated heterocycles. The van der Waals surface area contributed by atoms with Crippen LogP contribution in [0, 0.1) is 0 Å². The molecule has 6 heteroatoms. The third-order valence-corrected chi connectivity index (χ3v) is 1.48. The molecule has 0 radical (unpaired) electrons. The van der Waals surface area contributed by atoms with E-state index in [1.54, 1.807) is 0 Å². The van der Waals surface area contributed by atoms with Gasteiger partial charge in [-0.2, -0.15) is 13.6 Å². The van der Waals surface area contributed by atoms with E-state index in [9.17, 15) is 8.42 Å². The number of aromatic hydroxyl groups is 1. The molecule has 0 aliphatic carbocycles. The van der Waals surface area contributed by atoms with Crippen molar-refractivity contribution in [2.45, 2.75) is 0 Å². The van der Waals surface area contributed by atoms with E-state index < -0.39 is 10.3 Å². The summed E-state index contributed by atoms with van der Waals surface area (Å²) in [4.78, 5) is 0. The second kappa shape index (κ2) is 3.00. The molecule has 0 aliphatic heterocycles. The Morgan fingerprint density at radius 3 is 2.42 bits per heavy atom. The maximum absolute atomic E-state index is 10.4. The van der Waals surface area contributed by atoms with Gasteiger partial charge in [0.05, 0.1) is 0 Å². The van der Waals surface area contributed by atoms with E-state index >= 15 is 0 Å². The summed E-state index contributed by atoms with van der Waals surface area (Å²) in [5, 5.41) is 13.6. The molecule has 12 heavy (non-hydrogen) atoms. The fraction of sp³-hybridized carbons (Fsp3) is 0. The quantitative estimate of drug-likeness (QED) is 0.683. The highest BCUT2D eigenvalue weighted by atomic mass is 32.2. The average molecular weight is 189 g/mol. The van der Waals surface area contributed by atoms with Crippen molar-refractivity contribution in [2.75, 3.05) is 0 Å². The summed E-state index contributed by atoms with van der Waals surface area (Å²) in [6.07, 6.45) is 0. The van der Waals surface area contributed by atoms with Gasteiger partial charge in [-0.1, -0.05) is 12.1 Å². The molecule has 1 aromatic carbocycles. The molecular weight excluding hydrogens is 182 g/mol. The van der Waals surface area contributed by atoms with Crippen molar-refractivity contribution >= 4 is 10.3 Å². The number of hydrogen-bond donors (Lipinski definition) is 2. The van der Waals surface area contributed by atoms with Crippen LogP contribution >= 0.6 is 0 Å². The second-order valence-corrected chi connectivity index (χ2v) is 3.20. The van der Waals surface area contributed by atoms with Crippen LogP contribution in [-0.2, 0) is 10.3 Å². The first-order valence-corrected chi connectivity index (χ1v) is 4.46. The van der Waals surface area contributed by atoms with E-state index in [0.717, 1.165) is 0 Å². The molecule has 1 rings (SSSR count). The van der Waals surface area contributed by atoms with Gasteiger partial charge in [0, 0.05) is 0 Å². The summed E-state index contributed by atoms with van der Waals surface area (Å²) in [6.45, 7) is 0. The molecule has 0 aliphatic rings. The smallest absolute Gasteiger partial charge is 0.380 e. The zero-order valence-corrected chi connectivity index (χ0v) is 6.78. The normalized spacial score (nSPS) is 11.1. The number of benzene rings is 1. The maximum Gasteiger partial charge on any atom is 0.380 e. The summed E-state index contributed by atoms with van der Waals surface area (Å²) in [5.41, 5.74) is 0. The van der Waals surface area contributed by atoms with Gasteiger partial charge < -0.3 is 9.29 Å². The van der Waals surface area contributed by atoms with Crippen molar-refractivity contribution in [3.05, 3.63) is 24.3 Å². The zero-order chi connectivity index (χ0) is 9.19. The van der Waals surface area contributed by atoms with Crippen LogP contribution in [0.1, 0.15) is 0 Å². The number of hydrogen-bond acceptors (Lipinski definition) is 4. The summed E-state index contributed by atoms with van der Waals surface area (Å²) in [5.74, 6) is -0.452. The third kappa shape index (κ3) is 2.40. The Hall–Kier alpha value is -1.27. The Kier molecular flexibility index (Phi) is 2.20. The number of rotatable bonds is 2. The molecule has 0 unspecified atom stereocenters. The van der Waals surface area contributed by atoms with E-state index in [2.05, 4.69) is 9.32 Å². The predicted octanol–water partition coefficient (Wildman–Crippen LogP) is -0.0255. The van der Waals surface area contributed by atoms with Gasteiger partial charge in [-0.3, -0.25) is 0 Å². The van der Waals surface area contributed by atoms with Crippen molar-refractivity contribution in [1.29, 1.82) is 0 Å². The average Bonchev–Trinajstić information content (AvgIpc) is 1.91. The molecule has 5 nitrogen and oxygen atoms in total. The fourth-order valence-electron chi connectivity index (χ4n) is 0.653. The van der Waals surface area contributed by atoms with Gasteiger partial charge in [0.2, 0.25) is 0 Å². The third-order valence-electron chi connectivity index (χ3n) is 1.07. The van der Waals surface area contributed by atoms with Gasteiger partial charge in [-0.25, -0.2) is 0 Å². The molecule has 0 aromatic heterocycles. The molecular formula is C6H7NO4S. The SMILES string of the molecule is NS(=O)(=O)Oc1ccccc1O. The molecule has 0 atom stereocenters. The van der Waals surface area contributed by atoms with Gasteiger partial charge in [0.25, 0.3) is 0 Å². The number of para-hydroxylation sites is 2. The van der Waals surface area contributed by atoms with Crippen molar-refractivity contribution < 1.29 is 17.7 Å². The second-order valence-electron chi connectivity index (χ2n) is 2.04. The summed E-state index contributed by atoms with van der Waals surface area (Å²) in [6, 6.07) is 5.63. The zero-order valence-electron chi connectivity index (χ0n) is 5.97.